The van der Waals surface area contributed by atoms with E-state index >= 15 is 0 Å². The topological polar surface area (TPSA) is 74.5 Å². The Kier molecular flexibility index (Phi) is 7.85. The van der Waals surface area contributed by atoms with E-state index < -0.39 is 5.60 Å². The molecule has 2 heterocycles. The summed E-state index contributed by atoms with van der Waals surface area (Å²) in [6.45, 7) is 6.78. The van der Waals surface area contributed by atoms with Crippen molar-refractivity contribution in [3.8, 4) is 11.5 Å². The maximum Gasteiger partial charge on any atom is 0.410 e. The Hall–Kier alpha value is -2.71. The Bertz CT molecular complexity index is 1210. The number of amidine groups is 1. The Morgan fingerprint density at radius 3 is 2.39 bits per heavy atom. The van der Waals surface area contributed by atoms with E-state index in [-0.39, 0.29) is 12.0 Å². The Morgan fingerprint density at radius 2 is 1.75 bits per heavy atom. The van der Waals surface area contributed by atoms with Gasteiger partial charge in [0.25, 0.3) is 0 Å². The first-order valence-electron chi connectivity index (χ1n) is 11.8. The SMILES string of the molecule is COc1ccc(Cl)cc1C1=C(c2c(Br)cccc2OC)[N]C(C2CCN(C(=O)OC(C)(C)C)CC2)=N1. The Morgan fingerprint density at radius 1 is 1.06 bits per heavy atom. The van der Waals surface area contributed by atoms with Crippen molar-refractivity contribution in [1.82, 2.24) is 10.2 Å². The number of nitrogens with zero attached hydrogens (tertiary/aromatic N) is 3. The predicted molar refractivity (Wildman–Crippen MR) is 146 cm³/mol. The minimum absolute atomic E-state index is 0.0925. The molecule has 36 heavy (non-hydrogen) atoms. The highest BCUT2D eigenvalue weighted by Crippen LogP contribution is 2.43. The van der Waals surface area contributed by atoms with Gasteiger partial charge in [0.05, 0.1) is 19.8 Å². The van der Waals surface area contributed by atoms with Crippen molar-refractivity contribution in [3.05, 3.63) is 57.0 Å². The number of benzene rings is 2. The zero-order valence-electron chi connectivity index (χ0n) is 21.1. The smallest absolute Gasteiger partial charge is 0.410 e. The number of aliphatic imine (C=N–C) groups is 1. The quantitative estimate of drug-likeness (QED) is 0.402. The van der Waals surface area contributed by atoms with Gasteiger partial charge >= 0.3 is 6.09 Å². The first-order chi connectivity index (χ1) is 17.1. The van der Waals surface area contributed by atoms with Crippen molar-refractivity contribution in [2.24, 2.45) is 10.9 Å². The van der Waals surface area contributed by atoms with Gasteiger partial charge in [0.1, 0.15) is 34.3 Å². The van der Waals surface area contributed by atoms with Crippen molar-refractivity contribution in [3.63, 3.8) is 0 Å². The molecule has 0 aromatic heterocycles. The number of ether oxygens (including phenoxy) is 3. The molecule has 2 aromatic carbocycles. The average Bonchev–Trinajstić information content (AvgIpc) is 3.27. The standard InChI is InChI=1S/C27H30BrClN3O4/c1-27(2,3)36-26(33)32-13-11-16(12-14-32)25-30-23(18-15-17(29)9-10-20(18)34-4)24(31-25)22-19(28)7-6-8-21(22)35-5/h6-10,15-16H,11-14H2,1-5H3. The van der Waals surface area contributed by atoms with Crippen LogP contribution in [0.4, 0.5) is 4.79 Å². The zero-order chi connectivity index (χ0) is 26.0. The molecule has 2 aliphatic heterocycles. The Balaban J connectivity index is 1.67. The second-order valence-electron chi connectivity index (χ2n) is 9.68. The lowest BCUT2D eigenvalue weighted by atomic mass is 9.95. The highest BCUT2D eigenvalue weighted by atomic mass is 79.9. The molecule has 4 rings (SSSR count). The van der Waals surface area contributed by atoms with Gasteiger partial charge in [0.2, 0.25) is 0 Å². The van der Waals surface area contributed by atoms with E-state index in [1.54, 1.807) is 25.2 Å². The van der Waals surface area contributed by atoms with Crippen LogP contribution in [-0.4, -0.2) is 49.7 Å². The van der Waals surface area contributed by atoms with Crippen LogP contribution in [0, 0.1) is 5.92 Å². The van der Waals surface area contributed by atoms with Crippen LogP contribution in [0.2, 0.25) is 5.02 Å². The van der Waals surface area contributed by atoms with Crippen molar-refractivity contribution in [1.29, 1.82) is 0 Å². The lowest BCUT2D eigenvalue weighted by Gasteiger charge is -2.33. The van der Waals surface area contributed by atoms with E-state index in [1.807, 2.05) is 51.1 Å². The summed E-state index contributed by atoms with van der Waals surface area (Å²) >= 11 is 10.0. The van der Waals surface area contributed by atoms with E-state index in [4.69, 9.17) is 36.1 Å². The molecule has 2 aromatic rings. The second kappa shape index (κ2) is 10.7. The summed E-state index contributed by atoms with van der Waals surface area (Å²) in [7, 11) is 3.25. The molecule has 9 heteroatoms. The first kappa shape index (κ1) is 26.4. The van der Waals surface area contributed by atoms with Crippen LogP contribution in [0.25, 0.3) is 11.4 Å². The van der Waals surface area contributed by atoms with Crippen LogP contribution in [0.15, 0.2) is 45.9 Å². The van der Waals surface area contributed by atoms with Gasteiger partial charge in [-0.25, -0.2) is 15.1 Å². The zero-order valence-corrected chi connectivity index (χ0v) is 23.4. The van der Waals surface area contributed by atoms with Crippen LogP contribution in [0.3, 0.4) is 0 Å². The van der Waals surface area contributed by atoms with Gasteiger partial charge in [-0.1, -0.05) is 17.7 Å². The molecule has 0 saturated carbocycles. The van der Waals surface area contributed by atoms with Crippen LogP contribution in [0.1, 0.15) is 44.7 Å². The van der Waals surface area contributed by atoms with Gasteiger partial charge in [-0.3, -0.25) is 0 Å². The normalized spacial score (nSPS) is 16.5. The molecule has 0 spiro atoms. The van der Waals surface area contributed by atoms with Crippen molar-refractivity contribution in [2.45, 2.75) is 39.2 Å². The molecule has 7 nitrogen and oxygen atoms in total. The molecule has 2 aliphatic rings. The molecular weight excluding hydrogens is 546 g/mol. The summed E-state index contributed by atoms with van der Waals surface area (Å²) < 4.78 is 17.7. The fourth-order valence-corrected chi connectivity index (χ4v) is 5.03. The molecule has 1 radical (unpaired) electrons. The number of halogens is 2. The molecular formula is C27H30BrClN3O4. The van der Waals surface area contributed by atoms with Crippen LogP contribution >= 0.6 is 27.5 Å². The summed E-state index contributed by atoms with van der Waals surface area (Å²) in [6.07, 6.45) is 1.19. The monoisotopic (exact) mass is 574 g/mol. The molecule has 1 saturated heterocycles. The number of carbonyl (C=O) groups excluding carboxylic acids is 1. The van der Waals surface area contributed by atoms with Crippen molar-refractivity contribution in [2.75, 3.05) is 27.3 Å². The minimum Gasteiger partial charge on any atom is -0.496 e. The fraction of sp³-hybridized carbons (Fsp3) is 0.407. The minimum atomic E-state index is -0.523. The van der Waals surface area contributed by atoms with Gasteiger partial charge in [0.15, 0.2) is 0 Å². The number of likely N-dealkylation sites (tertiary alicyclic amines) is 1. The molecule has 191 valence electrons. The lowest BCUT2D eigenvalue weighted by Crippen LogP contribution is -2.43. The summed E-state index contributed by atoms with van der Waals surface area (Å²) in [5, 5.41) is 5.60. The molecule has 0 atom stereocenters. The van der Waals surface area contributed by atoms with E-state index in [0.717, 1.165) is 34.3 Å². The third-order valence-electron chi connectivity index (χ3n) is 6.04. The fourth-order valence-electron chi connectivity index (χ4n) is 4.32. The van der Waals surface area contributed by atoms with E-state index in [9.17, 15) is 4.79 Å². The largest absolute Gasteiger partial charge is 0.496 e. The third kappa shape index (κ3) is 5.65. The molecule has 0 bridgehead atoms. The molecule has 0 unspecified atom stereocenters. The van der Waals surface area contributed by atoms with Crippen LogP contribution in [0.5, 0.6) is 11.5 Å². The summed E-state index contributed by atoms with van der Waals surface area (Å²) in [5.74, 6) is 2.15. The number of amides is 1. The highest BCUT2D eigenvalue weighted by molar-refractivity contribution is 9.10. The predicted octanol–water partition coefficient (Wildman–Crippen LogP) is 6.61. The lowest BCUT2D eigenvalue weighted by molar-refractivity contribution is 0.0201. The second-order valence-corrected chi connectivity index (χ2v) is 11.0. The van der Waals surface area contributed by atoms with E-state index in [1.165, 1.54) is 0 Å². The van der Waals surface area contributed by atoms with Gasteiger partial charge in [0, 0.05) is 34.1 Å². The number of carbonyl (C=O) groups is 1. The molecule has 0 N–H and O–H groups in total. The molecule has 1 amide bonds. The van der Waals surface area contributed by atoms with Gasteiger partial charge in [-0.2, -0.15) is 0 Å². The number of rotatable bonds is 5. The summed E-state index contributed by atoms with van der Waals surface area (Å²) in [5.41, 5.74) is 2.39. The maximum absolute atomic E-state index is 12.5. The van der Waals surface area contributed by atoms with Crippen LogP contribution < -0.4 is 14.8 Å². The van der Waals surface area contributed by atoms with Gasteiger partial charge in [-0.05, 0) is 79.9 Å². The summed E-state index contributed by atoms with van der Waals surface area (Å²) in [6, 6.07) is 11.2. The van der Waals surface area contributed by atoms with E-state index in [2.05, 4.69) is 15.9 Å². The van der Waals surface area contributed by atoms with Crippen LogP contribution in [-0.2, 0) is 4.74 Å². The average molecular weight is 576 g/mol. The highest BCUT2D eigenvalue weighted by Gasteiger charge is 2.35. The molecule has 0 aliphatic carbocycles. The van der Waals surface area contributed by atoms with Gasteiger partial charge < -0.3 is 19.1 Å². The summed E-state index contributed by atoms with van der Waals surface area (Å²) in [4.78, 5) is 19.3. The third-order valence-corrected chi connectivity index (χ3v) is 6.93. The Labute approximate surface area is 225 Å². The molecule has 1 fully saturated rings. The van der Waals surface area contributed by atoms with E-state index in [0.29, 0.717) is 41.0 Å². The first-order valence-corrected chi connectivity index (χ1v) is 13.0. The number of methoxy groups -OCH3 is 2. The number of hydrogen-bond donors (Lipinski definition) is 0. The van der Waals surface area contributed by atoms with Gasteiger partial charge in [-0.15, -0.1) is 0 Å². The number of piperidine rings is 1. The maximum atomic E-state index is 12.5. The number of hydrogen-bond acceptors (Lipinski definition) is 5. The van der Waals surface area contributed by atoms with Crippen molar-refractivity contribution >= 4 is 50.9 Å². The van der Waals surface area contributed by atoms with Crippen molar-refractivity contribution < 1.29 is 19.0 Å².